The summed E-state index contributed by atoms with van der Waals surface area (Å²) in [7, 11) is 0. The average molecular weight is 241 g/mol. The topological polar surface area (TPSA) is 12.0 Å². The van der Waals surface area contributed by atoms with Crippen molar-refractivity contribution in [2.75, 3.05) is 13.1 Å². The van der Waals surface area contributed by atoms with Crippen LogP contribution in [0, 0.1) is 17.8 Å². The number of nitrogens with one attached hydrogen (secondary N) is 1. The van der Waals surface area contributed by atoms with Crippen molar-refractivity contribution in [3.63, 3.8) is 0 Å². The molecule has 0 amide bonds. The van der Waals surface area contributed by atoms with Gasteiger partial charge in [-0.1, -0.05) is 62.1 Å². The van der Waals surface area contributed by atoms with Crippen LogP contribution in [0.25, 0.3) is 0 Å². The molecule has 1 nitrogen and oxygen atoms in total. The van der Waals surface area contributed by atoms with Gasteiger partial charge >= 0.3 is 0 Å². The second-order valence-corrected chi connectivity index (χ2v) is 5.14. The van der Waals surface area contributed by atoms with Crippen molar-refractivity contribution in [1.82, 2.24) is 5.32 Å². The first-order valence-corrected chi connectivity index (χ1v) is 7.20. The Labute approximate surface area is 111 Å². The summed E-state index contributed by atoms with van der Waals surface area (Å²) in [4.78, 5) is 0. The molecule has 18 heavy (non-hydrogen) atoms. The zero-order chi connectivity index (χ0) is 12.5. The van der Waals surface area contributed by atoms with Crippen molar-refractivity contribution in [2.45, 2.75) is 38.5 Å². The van der Waals surface area contributed by atoms with Gasteiger partial charge in [0.1, 0.15) is 0 Å². The van der Waals surface area contributed by atoms with Crippen LogP contribution in [0.4, 0.5) is 0 Å². The lowest BCUT2D eigenvalue weighted by Gasteiger charge is -2.21. The summed E-state index contributed by atoms with van der Waals surface area (Å²) in [6.45, 7) is 1.93. The summed E-state index contributed by atoms with van der Waals surface area (Å²) >= 11 is 0. The molecule has 1 aromatic rings. The van der Waals surface area contributed by atoms with Crippen molar-refractivity contribution in [3.8, 4) is 11.8 Å². The summed E-state index contributed by atoms with van der Waals surface area (Å²) in [5.41, 5.74) is 1.10. The van der Waals surface area contributed by atoms with E-state index in [1.165, 1.54) is 38.5 Å². The zero-order valence-corrected chi connectivity index (χ0v) is 11.1. The molecule has 0 saturated heterocycles. The largest absolute Gasteiger partial charge is 0.306 e. The quantitative estimate of drug-likeness (QED) is 0.627. The van der Waals surface area contributed by atoms with Gasteiger partial charge in [0, 0.05) is 5.56 Å². The van der Waals surface area contributed by atoms with Gasteiger partial charge in [-0.15, -0.1) is 0 Å². The Morgan fingerprint density at radius 2 is 1.83 bits per heavy atom. The maximum absolute atomic E-state index is 3.43. The number of rotatable bonds is 4. The molecule has 0 atom stereocenters. The van der Waals surface area contributed by atoms with E-state index in [-0.39, 0.29) is 0 Å². The van der Waals surface area contributed by atoms with Gasteiger partial charge in [-0.2, -0.15) is 0 Å². The molecule has 1 saturated carbocycles. The minimum absolute atomic E-state index is 0.807. The zero-order valence-electron chi connectivity index (χ0n) is 11.1. The van der Waals surface area contributed by atoms with E-state index in [4.69, 9.17) is 0 Å². The maximum Gasteiger partial charge on any atom is 0.0580 e. The predicted molar refractivity (Wildman–Crippen MR) is 77.4 cm³/mol. The lowest BCUT2D eigenvalue weighted by Crippen LogP contribution is -2.19. The van der Waals surface area contributed by atoms with E-state index in [1.54, 1.807) is 0 Å². The normalized spacial score (nSPS) is 16.0. The molecule has 0 bridgehead atoms. The summed E-state index contributed by atoms with van der Waals surface area (Å²) < 4.78 is 0. The van der Waals surface area contributed by atoms with E-state index >= 15 is 0 Å². The third-order valence-corrected chi connectivity index (χ3v) is 3.67. The highest BCUT2D eigenvalue weighted by molar-refractivity contribution is 5.33. The number of hydrogen-bond donors (Lipinski definition) is 1. The van der Waals surface area contributed by atoms with Crippen LogP contribution in [0.2, 0.25) is 0 Å². The van der Waals surface area contributed by atoms with Crippen LogP contribution in [0.3, 0.4) is 0 Å². The molecule has 96 valence electrons. The lowest BCUT2D eigenvalue weighted by molar-refractivity contribution is 0.336. The fourth-order valence-corrected chi connectivity index (χ4v) is 2.60. The number of hydrogen-bond acceptors (Lipinski definition) is 1. The SMILES string of the molecule is C(#Cc1ccccc1)CNCCC1CCCCC1. The molecule has 0 aromatic heterocycles. The van der Waals surface area contributed by atoms with E-state index in [9.17, 15) is 0 Å². The van der Waals surface area contributed by atoms with Gasteiger partial charge in [-0.3, -0.25) is 0 Å². The van der Waals surface area contributed by atoms with Crippen LogP contribution >= 0.6 is 0 Å². The van der Waals surface area contributed by atoms with Crippen molar-refractivity contribution < 1.29 is 0 Å². The van der Waals surface area contributed by atoms with E-state index in [0.29, 0.717) is 0 Å². The smallest absolute Gasteiger partial charge is 0.0580 e. The van der Waals surface area contributed by atoms with Gasteiger partial charge in [0.15, 0.2) is 0 Å². The highest BCUT2D eigenvalue weighted by Crippen LogP contribution is 2.25. The first kappa shape index (κ1) is 13.2. The molecule has 0 heterocycles. The van der Waals surface area contributed by atoms with E-state index in [1.807, 2.05) is 18.2 Å². The molecule has 1 heteroatoms. The van der Waals surface area contributed by atoms with Crippen molar-refractivity contribution in [2.24, 2.45) is 5.92 Å². The molecule has 0 spiro atoms. The molecule has 1 aromatic carbocycles. The molecule has 2 rings (SSSR count). The molecule has 0 aliphatic heterocycles. The number of benzene rings is 1. The van der Waals surface area contributed by atoms with Crippen LogP contribution in [0.15, 0.2) is 30.3 Å². The fraction of sp³-hybridized carbons (Fsp3) is 0.529. The highest BCUT2D eigenvalue weighted by atomic mass is 14.8. The van der Waals surface area contributed by atoms with Crippen molar-refractivity contribution >= 4 is 0 Å². The Morgan fingerprint density at radius 3 is 2.61 bits per heavy atom. The third kappa shape index (κ3) is 4.94. The molecule has 0 unspecified atom stereocenters. The molecule has 1 aliphatic carbocycles. The van der Waals surface area contributed by atoms with Crippen LogP contribution in [-0.4, -0.2) is 13.1 Å². The Hall–Kier alpha value is -1.26. The van der Waals surface area contributed by atoms with Crippen LogP contribution in [0.1, 0.15) is 44.1 Å². The van der Waals surface area contributed by atoms with Crippen LogP contribution in [0.5, 0.6) is 0 Å². The standard InChI is InChI=1S/C17H23N/c1-3-8-16(9-4-1)12-7-14-18-15-13-17-10-5-2-6-11-17/h1,3-4,8-9,17-18H,2,5-6,10-11,13-15H2. The van der Waals surface area contributed by atoms with Gasteiger partial charge in [-0.25, -0.2) is 0 Å². The lowest BCUT2D eigenvalue weighted by atomic mass is 9.87. The molecule has 0 radical (unpaired) electrons. The highest BCUT2D eigenvalue weighted by Gasteiger charge is 2.11. The monoisotopic (exact) mass is 241 g/mol. The molecular weight excluding hydrogens is 218 g/mol. The van der Waals surface area contributed by atoms with E-state index in [0.717, 1.165) is 24.6 Å². The molecule has 1 aliphatic rings. The van der Waals surface area contributed by atoms with Gasteiger partial charge < -0.3 is 5.32 Å². The van der Waals surface area contributed by atoms with Crippen molar-refractivity contribution in [1.29, 1.82) is 0 Å². The summed E-state index contributed by atoms with van der Waals surface area (Å²) in [5.74, 6) is 7.31. The summed E-state index contributed by atoms with van der Waals surface area (Å²) in [5, 5.41) is 3.43. The molecular formula is C17H23N. The van der Waals surface area contributed by atoms with Gasteiger partial charge in [0.2, 0.25) is 0 Å². The first-order valence-electron chi connectivity index (χ1n) is 7.20. The Bertz CT molecular complexity index is 379. The summed E-state index contributed by atoms with van der Waals surface area (Å²) in [6, 6.07) is 10.2. The van der Waals surface area contributed by atoms with E-state index < -0.39 is 0 Å². The predicted octanol–water partition coefficient (Wildman–Crippen LogP) is 3.60. The van der Waals surface area contributed by atoms with Crippen LogP contribution < -0.4 is 5.32 Å². The Kier molecular flexibility index (Phi) is 5.82. The second-order valence-electron chi connectivity index (χ2n) is 5.14. The van der Waals surface area contributed by atoms with Crippen LogP contribution in [-0.2, 0) is 0 Å². The molecule has 1 fully saturated rings. The first-order chi connectivity index (χ1) is 8.95. The van der Waals surface area contributed by atoms with E-state index in [2.05, 4.69) is 29.3 Å². The van der Waals surface area contributed by atoms with Gasteiger partial charge in [-0.05, 0) is 31.0 Å². The van der Waals surface area contributed by atoms with Gasteiger partial charge in [0.25, 0.3) is 0 Å². The third-order valence-electron chi connectivity index (χ3n) is 3.67. The second kappa shape index (κ2) is 7.95. The van der Waals surface area contributed by atoms with Crippen molar-refractivity contribution in [3.05, 3.63) is 35.9 Å². The fourth-order valence-electron chi connectivity index (χ4n) is 2.60. The van der Waals surface area contributed by atoms with Gasteiger partial charge in [0.05, 0.1) is 6.54 Å². The minimum atomic E-state index is 0.807. The summed E-state index contributed by atoms with van der Waals surface area (Å²) in [6.07, 6.45) is 8.55. The Morgan fingerprint density at radius 1 is 1.06 bits per heavy atom. The molecule has 1 N–H and O–H groups in total. The maximum atomic E-state index is 3.43. The average Bonchev–Trinajstić information content (AvgIpc) is 2.45. The minimum Gasteiger partial charge on any atom is -0.306 e. The Balaban J connectivity index is 1.57.